The summed E-state index contributed by atoms with van der Waals surface area (Å²) in [7, 11) is 0. The monoisotopic (exact) mass is 224 g/mol. The Labute approximate surface area is 104 Å². The third-order valence-corrected chi connectivity index (χ3v) is 3.43. The molecule has 0 heteroatoms. The van der Waals surface area contributed by atoms with Crippen LogP contribution < -0.4 is 0 Å². The fourth-order valence-corrected chi connectivity index (χ4v) is 2.42. The topological polar surface area (TPSA) is 0 Å². The lowest BCUT2D eigenvalue weighted by molar-refractivity contribution is 0.382. The van der Waals surface area contributed by atoms with E-state index in [1.165, 1.54) is 70.6 Å². The third-order valence-electron chi connectivity index (χ3n) is 3.43. The van der Waals surface area contributed by atoms with E-state index >= 15 is 0 Å². The first-order chi connectivity index (χ1) is 7.85. The predicted molar refractivity (Wildman–Crippen MR) is 75.8 cm³/mol. The van der Waals surface area contributed by atoms with Crippen molar-refractivity contribution in [1.82, 2.24) is 0 Å². The minimum Gasteiger partial charge on any atom is -0.103 e. The Morgan fingerprint density at radius 3 is 2.06 bits per heavy atom. The lowest BCUT2D eigenvalue weighted by atomic mass is 9.91. The smallest absolute Gasteiger partial charge is 0.0353 e. The minimum absolute atomic E-state index is 1.01. The Bertz CT molecular complexity index is 137. The van der Waals surface area contributed by atoms with Crippen LogP contribution in [0.15, 0.2) is 12.7 Å². The molecule has 0 spiro atoms. The van der Waals surface area contributed by atoms with E-state index in [1.54, 1.807) is 0 Å². The molecule has 96 valence electrons. The molecule has 0 nitrogen and oxygen atoms in total. The van der Waals surface area contributed by atoms with Gasteiger partial charge >= 0.3 is 0 Å². The van der Waals surface area contributed by atoms with E-state index in [2.05, 4.69) is 20.4 Å². The van der Waals surface area contributed by atoms with Crippen molar-refractivity contribution in [2.24, 2.45) is 5.92 Å². The van der Waals surface area contributed by atoms with Gasteiger partial charge in [0.05, 0.1) is 0 Å². The second-order valence-corrected chi connectivity index (χ2v) is 5.08. The van der Waals surface area contributed by atoms with Crippen LogP contribution in [0.25, 0.3) is 0 Å². The van der Waals surface area contributed by atoms with E-state index < -0.39 is 0 Å². The Morgan fingerprint density at radius 1 is 0.812 bits per heavy atom. The average molecular weight is 224 g/mol. The highest BCUT2D eigenvalue weighted by molar-refractivity contribution is 4.66. The second-order valence-electron chi connectivity index (χ2n) is 5.08. The molecule has 0 rings (SSSR count). The van der Waals surface area contributed by atoms with Crippen LogP contribution in [0, 0.1) is 5.92 Å². The Morgan fingerprint density at radius 2 is 1.50 bits per heavy atom. The summed E-state index contributed by atoms with van der Waals surface area (Å²) in [5, 5.41) is 0. The molecule has 0 radical (unpaired) electrons. The lowest BCUT2D eigenvalue weighted by Gasteiger charge is -2.15. The summed E-state index contributed by atoms with van der Waals surface area (Å²) in [6.07, 6.45) is 17.4. The molecule has 0 aromatic rings. The first kappa shape index (κ1) is 15.7. The molecule has 16 heavy (non-hydrogen) atoms. The van der Waals surface area contributed by atoms with Crippen LogP contribution in [0.5, 0.6) is 0 Å². The van der Waals surface area contributed by atoms with Gasteiger partial charge in [-0.15, -0.1) is 6.58 Å². The molecule has 0 aliphatic heterocycles. The number of allylic oxidation sites excluding steroid dienone is 1. The van der Waals surface area contributed by atoms with Crippen molar-refractivity contribution >= 4 is 0 Å². The first-order valence-corrected chi connectivity index (χ1v) is 7.46. The molecular formula is C16H32. The molecule has 0 aliphatic rings. The van der Waals surface area contributed by atoms with E-state index in [4.69, 9.17) is 0 Å². The van der Waals surface area contributed by atoms with Crippen molar-refractivity contribution in [2.75, 3.05) is 0 Å². The molecule has 0 saturated heterocycles. The van der Waals surface area contributed by atoms with Gasteiger partial charge in [-0.2, -0.15) is 0 Å². The standard InChI is InChI=1S/C16H32/c1-4-7-9-10-12-15-16(13-6-3)14-11-8-5-2/h4,16H,1,5-15H2,2-3H3. The molecule has 1 unspecified atom stereocenters. The maximum atomic E-state index is 3.77. The summed E-state index contributed by atoms with van der Waals surface area (Å²) < 4.78 is 0. The van der Waals surface area contributed by atoms with Crippen LogP contribution in [0.4, 0.5) is 0 Å². The number of rotatable bonds is 12. The average Bonchev–Trinajstić information content (AvgIpc) is 2.29. The molecule has 1 atom stereocenters. The molecule has 0 aliphatic carbocycles. The Balaban J connectivity index is 3.46. The van der Waals surface area contributed by atoms with Gasteiger partial charge in [0.15, 0.2) is 0 Å². The van der Waals surface area contributed by atoms with Crippen LogP contribution in [-0.4, -0.2) is 0 Å². The zero-order valence-electron chi connectivity index (χ0n) is 11.6. The van der Waals surface area contributed by atoms with Gasteiger partial charge in [-0.1, -0.05) is 77.7 Å². The van der Waals surface area contributed by atoms with Crippen LogP contribution >= 0.6 is 0 Å². The maximum absolute atomic E-state index is 3.77. The minimum atomic E-state index is 1.01. The highest BCUT2D eigenvalue weighted by Crippen LogP contribution is 2.22. The van der Waals surface area contributed by atoms with Crippen LogP contribution in [0.3, 0.4) is 0 Å². The quantitative estimate of drug-likeness (QED) is 0.277. The highest BCUT2D eigenvalue weighted by atomic mass is 14.1. The second kappa shape index (κ2) is 12.8. The first-order valence-electron chi connectivity index (χ1n) is 7.46. The van der Waals surface area contributed by atoms with Gasteiger partial charge in [0.25, 0.3) is 0 Å². The van der Waals surface area contributed by atoms with E-state index in [9.17, 15) is 0 Å². The lowest BCUT2D eigenvalue weighted by Crippen LogP contribution is -2.00. The van der Waals surface area contributed by atoms with Crippen molar-refractivity contribution in [3.8, 4) is 0 Å². The molecule has 0 fully saturated rings. The largest absolute Gasteiger partial charge is 0.103 e. The summed E-state index contributed by atoms with van der Waals surface area (Å²) >= 11 is 0. The van der Waals surface area contributed by atoms with Gasteiger partial charge in [-0.3, -0.25) is 0 Å². The van der Waals surface area contributed by atoms with Gasteiger partial charge < -0.3 is 0 Å². The molecule has 0 aromatic heterocycles. The molecule has 0 bridgehead atoms. The van der Waals surface area contributed by atoms with Crippen molar-refractivity contribution in [3.63, 3.8) is 0 Å². The molecule has 0 saturated carbocycles. The molecular weight excluding hydrogens is 192 g/mol. The SMILES string of the molecule is C=CCCCCCC(CCC)CCCCC. The Kier molecular flexibility index (Phi) is 12.6. The van der Waals surface area contributed by atoms with Gasteiger partial charge in [0.2, 0.25) is 0 Å². The fourth-order valence-electron chi connectivity index (χ4n) is 2.42. The number of hydrogen-bond donors (Lipinski definition) is 0. The van der Waals surface area contributed by atoms with Gasteiger partial charge in [-0.05, 0) is 18.8 Å². The molecule has 0 N–H and O–H groups in total. The van der Waals surface area contributed by atoms with Crippen LogP contribution in [0.2, 0.25) is 0 Å². The van der Waals surface area contributed by atoms with Crippen molar-refractivity contribution in [2.45, 2.75) is 84.5 Å². The van der Waals surface area contributed by atoms with Gasteiger partial charge in [0.1, 0.15) is 0 Å². The summed E-state index contributed by atoms with van der Waals surface area (Å²) in [6, 6.07) is 0. The summed E-state index contributed by atoms with van der Waals surface area (Å²) in [5.41, 5.74) is 0. The zero-order chi connectivity index (χ0) is 12.1. The highest BCUT2D eigenvalue weighted by Gasteiger charge is 2.06. The molecule has 0 amide bonds. The third kappa shape index (κ3) is 10.3. The maximum Gasteiger partial charge on any atom is -0.0353 e. The van der Waals surface area contributed by atoms with Crippen molar-refractivity contribution in [1.29, 1.82) is 0 Å². The van der Waals surface area contributed by atoms with E-state index in [1.807, 2.05) is 6.08 Å². The zero-order valence-corrected chi connectivity index (χ0v) is 11.6. The Hall–Kier alpha value is -0.260. The summed E-state index contributed by atoms with van der Waals surface area (Å²) in [4.78, 5) is 0. The van der Waals surface area contributed by atoms with E-state index in [0.29, 0.717) is 0 Å². The van der Waals surface area contributed by atoms with E-state index in [0.717, 1.165) is 5.92 Å². The van der Waals surface area contributed by atoms with E-state index in [-0.39, 0.29) is 0 Å². The molecule has 0 aromatic carbocycles. The van der Waals surface area contributed by atoms with Gasteiger partial charge in [-0.25, -0.2) is 0 Å². The molecule has 0 heterocycles. The summed E-state index contributed by atoms with van der Waals surface area (Å²) in [5.74, 6) is 1.01. The normalized spacial score (nSPS) is 12.6. The van der Waals surface area contributed by atoms with Crippen LogP contribution in [0.1, 0.15) is 84.5 Å². The van der Waals surface area contributed by atoms with Crippen molar-refractivity contribution < 1.29 is 0 Å². The summed E-state index contributed by atoms with van der Waals surface area (Å²) in [6.45, 7) is 8.39. The fraction of sp³-hybridized carbons (Fsp3) is 0.875. The van der Waals surface area contributed by atoms with Crippen molar-refractivity contribution in [3.05, 3.63) is 12.7 Å². The number of hydrogen-bond acceptors (Lipinski definition) is 0. The van der Waals surface area contributed by atoms with Crippen LogP contribution in [-0.2, 0) is 0 Å². The van der Waals surface area contributed by atoms with Gasteiger partial charge in [0, 0.05) is 0 Å². The number of unbranched alkanes of at least 4 members (excludes halogenated alkanes) is 5. The predicted octanol–water partition coefficient (Wildman–Crippen LogP) is 6.12.